The van der Waals surface area contributed by atoms with Crippen LogP contribution in [-0.2, 0) is 14.8 Å². The van der Waals surface area contributed by atoms with Crippen LogP contribution in [0.4, 0.5) is 5.69 Å². The fourth-order valence-electron chi connectivity index (χ4n) is 3.18. The highest BCUT2D eigenvalue weighted by molar-refractivity contribution is 7.89. The number of benzene rings is 1. The van der Waals surface area contributed by atoms with Crippen LogP contribution < -0.4 is 20.1 Å². The minimum atomic E-state index is -3.76. The molecule has 0 saturated carbocycles. The average molecular weight is 406 g/mol. The molecule has 1 unspecified atom stereocenters. The molecule has 1 saturated heterocycles. The molecule has 10 heteroatoms. The number of hydrogen-bond acceptors (Lipinski definition) is 6. The number of fused-ring (bicyclic) bond motifs is 1. The maximum Gasteiger partial charge on any atom is 0.262 e. The third-order valence-electron chi connectivity index (χ3n) is 4.37. The van der Waals surface area contributed by atoms with Crippen molar-refractivity contribution in [1.29, 1.82) is 0 Å². The Kier molecular flexibility index (Phi) is 6.73. The smallest absolute Gasteiger partial charge is 0.262 e. The van der Waals surface area contributed by atoms with Gasteiger partial charge < -0.3 is 20.1 Å². The molecule has 0 bridgehead atoms. The molecule has 1 amide bonds. The van der Waals surface area contributed by atoms with Gasteiger partial charge >= 0.3 is 0 Å². The number of carbonyl (C=O) groups is 1. The summed E-state index contributed by atoms with van der Waals surface area (Å²) < 4.78 is 38.8. The van der Waals surface area contributed by atoms with E-state index in [-0.39, 0.29) is 41.6 Å². The van der Waals surface area contributed by atoms with E-state index in [4.69, 9.17) is 9.47 Å². The third-order valence-corrected chi connectivity index (χ3v) is 6.34. The molecule has 2 heterocycles. The topological polar surface area (TPSA) is 97.0 Å². The standard InChI is InChI=1S/C16H23N3O5S.ClH/c1-3-6-19(11-4-5-17-9-11)25(21,22)15-8-13-12(7-14(15)23-2)18-16(20)10-24-13;/h7-8,11,17H,3-6,9-10H2,1-2H3,(H,18,20);1H. The lowest BCUT2D eigenvalue weighted by atomic mass is 10.2. The summed E-state index contributed by atoms with van der Waals surface area (Å²) in [6.45, 7) is 3.69. The second-order valence-electron chi connectivity index (χ2n) is 6.10. The lowest BCUT2D eigenvalue weighted by molar-refractivity contribution is -0.118. The maximum atomic E-state index is 13.3. The largest absolute Gasteiger partial charge is 0.495 e. The molecule has 26 heavy (non-hydrogen) atoms. The Balaban J connectivity index is 0.00000243. The van der Waals surface area contributed by atoms with E-state index in [9.17, 15) is 13.2 Å². The molecule has 146 valence electrons. The van der Waals surface area contributed by atoms with Gasteiger partial charge in [-0.1, -0.05) is 6.92 Å². The molecule has 1 fully saturated rings. The van der Waals surface area contributed by atoms with Crippen LogP contribution in [0.1, 0.15) is 19.8 Å². The van der Waals surface area contributed by atoms with Crippen molar-refractivity contribution >= 4 is 34.0 Å². The first kappa shape index (κ1) is 20.8. The molecule has 0 aromatic heterocycles. The summed E-state index contributed by atoms with van der Waals surface area (Å²) in [4.78, 5) is 11.5. The van der Waals surface area contributed by atoms with Crippen LogP contribution in [-0.4, -0.2) is 58.0 Å². The van der Waals surface area contributed by atoms with Crippen molar-refractivity contribution in [3.63, 3.8) is 0 Å². The molecule has 3 rings (SSSR count). The molecule has 2 N–H and O–H groups in total. The highest BCUT2D eigenvalue weighted by Crippen LogP contribution is 2.39. The first-order valence-electron chi connectivity index (χ1n) is 8.34. The van der Waals surface area contributed by atoms with E-state index in [1.807, 2.05) is 6.92 Å². The quantitative estimate of drug-likeness (QED) is 0.738. The van der Waals surface area contributed by atoms with Crippen molar-refractivity contribution in [2.24, 2.45) is 0 Å². The van der Waals surface area contributed by atoms with Gasteiger partial charge in [-0.25, -0.2) is 8.42 Å². The number of methoxy groups -OCH3 is 1. The van der Waals surface area contributed by atoms with Crippen molar-refractivity contribution in [3.05, 3.63) is 12.1 Å². The van der Waals surface area contributed by atoms with Crippen LogP contribution >= 0.6 is 12.4 Å². The van der Waals surface area contributed by atoms with Crippen LogP contribution in [0.5, 0.6) is 11.5 Å². The molecule has 8 nitrogen and oxygen atoms in total. The van der Waals surface area contributed by atoms with Gasteiger partial charge in [-0.3, -0.25) is 4.79 Å². The number of amides is 1. The van der Waals surface area contributed by atoms with E-state index in [2.05, 4.69) is 10.6 Å². The van der Waals surface area contributed by atoms with Gasteiger partial charge in [0.05, 0.1) is 12.8 Å². The first-order valence-corrected chi connectivity index (χ1v) is 9.78. The number of anilines is 1. The minimum Gasteiger partial charge on any atom is -0.495 e. The molecule has 0 radical (unpaired) electrons. The lowest BCUT2D eigenvalue weighted by Crippen LogP contribution is -2.42. The molecule has 1 aromatic carbocycles. The number of nitrogens with one attached hydrogen (secondary N) is 2. The van der Waals surface area contributed by atoms with E-state index in [0.29, 0.717) is 24.5 Å². The summed E-state index contributed by atoms with van der Waals surface area (Å²) in [7, 11) is -2.35. The van der Waals surface area contributed by atoms with Gasteiger partial charge in [0.25, 0.3) is 5.91 Å². The molecular weight excluding hydrogens is 382 g/mol. The fraction of sp³-hybridized carbons (Fsp3) is 0.562. The zero-order valence-corrected chi connectivity index (χ0v) is 16.4. The molecule has 1 atom stereocenters. The Labute approximate surface area is 159 Å². The summed E-state index contributed by atoms with van der Waals surface area (Å²) >= 11 is 0. The summed E-state index contributed by atoms with van der Waals surface area (Å²) in [6, 6.07) is 2.86. The van der Waals surface area contributed by atoms with Gasteiger partial charge in [0, 0.05) is 31.3 Å². The van der Waals surface area contributed by atoms with Crippen LogP contribution in [0, 0.1) is 0 Å². The van der Waals surface area contributed by atoms with Crippen molar-refractivity contribution in [3.8, 4) is 11.5 Å². The Hall–Kier alpha value is -1.55. The predicted octanol–water partition coefficient (Wildman–Crippen LogP) is 1.21. The van der Waals surface area contributed by atoms with Gasteiger partial charge in [0.1, 0.15) is 16.4 Å². The predicted molar refractivity (Wildman–Crippen MR) is 99.8 cm³/mol. The van der Waals surface area contributed by atoms with Crippen LogP contribution in [0.15, 0.2) is 17.0 Å². The second kappa shape index (κ2) is 8.43. The number of carbonyl (C=O) groups excluding carboxylic acids is 1. The van der Waals surface area contributed by atoms with E-state index in [0.717, 1.165) is 19.4 Å². The number of sulfonamides is 1. The molecule has 2 aliphatic rings. The zero-order chi connectivity index (χ0) is 18.0. The molecular formula is C16H24ClN3O5S. The average Bonchev–Trinajstić information content (AvgIpc) is 3.12. The van der Waals surface area contributed by atoms with Crippen molar-refractivity contribution in [2.75, 3.05) is 38.7 Å². The first-order chi connectivity index (χ1) is 12.0. The van der Waals surface area contributed by atoms with E-state index < -0.39 is 10.0 Å². The fourth-order valence-corrected chi connectivity index (χ4v) is 5.08. The van der Waals surface area contributed by atoms with E-state index >= 15 is 0 Å². The summed E-state index contributed by atoms with van der Waals surface area (Å²) in [5.41, 5.74) is 0.414. The maximum absolute atomic E-state index is 13.3. The van der Waals surface area contributed by atoms with Crippen molar-refractivity contribution < 1.29 is 22.7 Å². The van der Waals surface area contributed by atoms with Gasteiger partial charge in [-0.05, 0) is 19.4 Å². The minimum absolute atomic E-state index is 0. The van der Waals surface area contributed by atoms with Gasteiger partial charge in [-0.2, -0.15) is 4.31 Å². The van der Waals surface area contributed by atoms with Gasteiger partial charge in [0.15, 0.2) is 6.61 Å². The van der Waals surface area contributed by atoms with E-state index in [1.165, 1.54) is 19.2 Å². The zero-order valence-electron chi connectivity index (χ0n) is 14.8. The van der Waals surface area contributed by atoms with Gasteiger partial charge in [0.2, 0.25) is 10.0 Å². The Morgan fingerprint density at radius 1 is 1.38 bits per heavy atom. The number of halogens is 1. The van der Waals surface area contributed by atoms with Crippen LogP contribution in [0.3, 0.4) is 0 Å². The van der Waals surface area contributed by atoms with Crippen molar-refractivity contribution in [1.82, 2.24) is 9.62 Å². The molecule has 0 aliphatic carbocycles. The molecule has 1 aromatic rings. The number of hydrogen-bond donors (Lipinski definition) is 2. The van der Waals surface area contributed by atoms with E-state index in [1.54, 1.807) is 4.31 Å². The Bertz CT molecular complexity index is 765. The number of rotatable bonds is 6. The Morgan fingerprint density at radius 3 is 2.77 bits per heavy atom. The third kappa shape index (κ3) is 3.90. The summed E-state index contributed by atoms with van der Waals surface area (Å²) in [5, 5.41) is 5.87. The monoisotopic (exact) mass is 405 g/mol. The Morgan fingerprint density at radius 2 is 2.15 bits per heavy atom. The second-order valence-corrected chi connectivity index (χ2v) is 7.96. The van der Waals surface area contributed by atoms with Crippen molar-refractivity contribution in [2.45, 2.75) is 30.7 Å². The van der Waals surface area contributed by atoms with Gasteiger partial charge in [-0.15, -0.1) is 12.4 Å². The summed E-state index contributed by atoms with van der Waals surface area (Å²) in [6.07, 6.45) is 1.49. The lowest BCUT2D eigenvalue weighted by Gasteiger charge is -2.28. The molecule has 0 spiro atoms. The summed E-state index contributed by atoms with van der Waals surface area (Å²) in [5.74, 6) is 0.242. The number of ether oxygens (including phenoxy) is 2. The van der Waals surface area contributed by atoms with Crippen LogP contribution in [0.2, 0.25) is 0 Å². The highest BCUT2D eigenvalue weighted by Gasteiger charge is 2.35. The molecule has 2 aliphatic heterocycles. The highest BCUT2D eigenvalue weighted by atomic mass is 35.5. The SMILES string of the molecule is CCCN(C1CCNC1)S(=O)(=O)c1cc2c(cc1OC)NC(=O)CO2.Cl. The number of nitrogens with zero attached hydrogens (tertiary/aromatic N) is 1. The van der Waals surface area contributed by atoms with Crippen LogP contribution in [0.25, 0.3) is 0 Å². The normalized spacial score (nSPS) is 19.3.